The van der Waals surface area contributed by atoms with Crippen LogP contribution >= 0.6 is 0 Å². The Bertz CT molecular complexity index is 558. The third-order valence-corrected chi connectivity index (χ3v) is 3.74. The number of carbonyl (C=O) groups excluding carboxylic acids is 1. The number of ether oxygens (including phenoxy) is 1. The summed E-state index contributed by atoms with van der Waals surface area (Å²) in [5.41, 5.74) is 2.01. The molecule has 7 heteroatoms. The number of hydrogen-bond acceptors (Lipinski definition) is 3. The monoisotopic (exact) mass is 316 g/mol. The Morgan fingerprint density at radius 2 is 2.09 bits per heavy atom. The van der Waals surface area contributed by atoms with Crippen molar-refractivity contribution in [1.82, 2.24) is 10.4 Å². The lowest BCUT2D eigenvalue weighted by atomic mass is 9.94. The molecule has 0 radical (unpaired) electrons. The number of methoxy groups -OCH3 is 1. The number of rotatable bonds is 4. The summed E-state index contributed by atoms with van der Waals surface area (Å²) >= 11 is 0. The van der Waals surface area contributed by atoms with Gasteiger partial charge in [0.2, 0.25) is 5.91 Å². The highest BCUT2D eigenvalue weighted by atomic mass is 19.4. The molecule has 1 atom stereocenters. The van der Waals surface area contributed by atoms with Crippen LogP contribution in [-0.2, 0) is 11.2 Å². The first-order valence-corrected chi connectivity index (χ1v) is 6.91. The maximum Gasteiger partial charge on any atom is 0.406 e. The van der Waals surface area contributed by atoms with Gasteiger partial charge in [-0.05, 0) is 38.0 Å². The number of hydrogen-bond donors (Lipinski definition) is 1. The molecule has 1 N–H and O–H groups in total. The third kappa shape index (κ3) is 3.52. The lowest BCUT2D eigenvalue weighted by molar-refractivity contribution is -0.188. The topological polar surface area (TPSA) is 41.6 Å². The molecule has 1 aliphatic rings. The van der Waals surface area contributed by atoms with Crippen LogP contribution in [0.25, 0.3) is 0 Å². The van der Waals surface area contributed by atoms with Crippen molar-refractivity contribution < 1.29 is 22.7 Å². The Labute approximate surface area is 127 Å². The number of alkyl halides is 3. The lowest BCUT2D eigenvalue weighted by Crippen LogP contribution is -2.51. The molecule has 0 aromatic heterocycles. The minimum absolute atomic E-state index is 0.0139. The molecule has 1 fully saturated rings. The van der Waals surface area contributed by atoms with Crippen LogP contribution in [0.3, 0.4) is 0 Å². The molecule has 1 saturated heterocycles. The third-order valence-electron chi connectivity index (χ3n) is 3.74. The van der Waals surface area contributed by atoms with Gasteiger partial charge in [0.15, 0.2) is 0 Å². The van der Waals surface area contributed by atoms with Gasteiger partial charge in [-0.1, -0.05) is 12.1 Å². The molecule has 0 bridgehead atoms. The van der Waals surface area contributed by atoms with E-state index in [0.717, 1.165) is 5.01 Å². The Hall–Kier alpha value is -1.76. The van der Waals surface area contributed by atoms with Crippen molar-refractivity contribution in [2.24, 2.45) is 5.41 Å². The second kappa shape index (κ2) is 5.79. The molecule has 1 aromatic carbocycles. The first-order valence-electron chi connectivity index (χ1n) is 6.91. The van der Waals surface area contributed by atoms with E-state index < -0.39 is 23.5 Å². The van der Waals surface area contributed by atoms with Gasteiger partial charge in [-0.15, -0.1) is 0 Å². The molecule has 22 heavy (non-hydrogen) atoms. The standard InChI is InChI=1S/C15H19F3N2O2/c1-14(2)9-20(19-13(14)21)12(15(16,17)18)8-10-5-4-6-11(7-10)22-3/h4-7,12H,8-9H2,1-3H3,(H,19,21). The highest BCUT2D eigenvalue weighted by Crippen LogP contribution is 2.33. The fourth-order valence-corrected chi connectivity index (χ4v) is 2.43. The van der Waals surface area contributed by atoms with E-state index in [-0.39, 0.29) is 13.0 Å². The molecular formula is C15H19F3N2O2. The smallest absolute Gasteiger partial charge is 0.406 e. The van der Waals surface area contributed by atoms with Crippen molar-refractivity contribution >= 4 is 5.91 Å². The first-order chi connectivity index (χ1) is 10.1. The molecule has 1 aliphatic heterocycles. The number of halogens is 3. The van der Waals surface area contributed by atoms with Crippen molar-refractivity contribution in [3.63, 3.8) is 0 Å². The number of amides is 1. The maximum absolute atomic E-state index is 13.4. The molecule has 0 saturated carbocycles. The summed E-state index contributed by atoms with van der Waals surface area (Å²) in [5, 5.41) is 0.988. The van der Waals surface area contributed by atoms with E-state index >= 15 is 0 Å². The zero-order chi connectivity index (χ0) is 16.5. The largest absolute Gasteiger partial charge is 0.497 e. The van der Waals surface area contributed by atoms with E-state index in [1.807, 2.05) is 0 Å². The summed E-state index contributed by atoms with van der Waals surface area (Å²) in [6.45, 7) is 3.27. The Morgan fingerprint density at radius 1 is 1.41 bits per heavy atom. The highest BCUT2D eigenvalue weighted by Gasteiger charge is 2.50. The predicted molar refractivity (Wildman–Crippen MR) is 75.2 cm³/mol. The van der Waals surface area contributed by atoms with Gasteiger partial charge < -0.3 is 4.74 Å². The van der Waals surface area contributed by atoms with Gasteiger partial charge in [-0.25, -0.2) is 5.01 Å². The van der Waals surface area contributed by atoms with Crippen LogP contribution in [-0.4, -0.2) is 36.8 Å². The minimum Gasteiger partial charge on any atom is -0.497 e. The number of nitrogens with one attached hydrogen (secondary N) is 1. The van der Waals surface area contributed by atoms with E-state index in [1.165, 1.54) is 7.11 Å². The summed E-state index contributed by atoms with van der Waals surface area (Å²) in [6, 6.07) is 4.73. The van der Waals surface area contributed by atoms with Crippen LogP contribution in [0.1, 0.15) is 19.4 Å². The molecular weight excluding hydrogens is 297 g/mol. The number of benzene rings is 1. The van der Waals surface area contributed by atoms with Crippen LogP contribution < -0.4 is 10.2 Å². The van der Waals surface area contributed by atoms with Crippen molar-refractivity contribution in [3.05, 3.63) is 29.8 Å². The number of hydrazine groups is 1. The second-order valence-corrected chi connectivity index (χ2v) is 6.07. The van der Waals surface area contributed by atoms with Gasteiger partial charge in [0.05, 0.1) is 12.5 Å². The molecule has 2 rings (SSSR count). The van der Waals surface area contributed by atoms with E-state index in [2.05, 4.69) is 5.43 Å². The molecule has 0 aliphatic carbocycles. The van der Waals surface area contributed by atoms with Crippen LogP contribution in [0.4, 0.5) is 13.2 Å². The summed E-state index contributed by atoms with van der Waals surface area (Å²) in [5.74, 6) is 0.108. The fourth-order valence-electron chi connectivity index (χ4n) is 2.43. The summed E-state index contributed by atoms with van der Waals surface area (Å²) < 4.78 is 45.2. The van der Waals surface area contributed by atoms with Gasteiger partial charge in [0.1, 0.15) is 11.8 Å². The summed E-state index contributed by atoms with van der Waals surface area (Å²) in [4.78, 5) is 11.8. The van der Waals surface area contributed by atoms with E-state index in [1.54, 1.807) is 38.1 Å². The van der Waals surface area contributed by atoms with Gasteiger partial charge in [0, 0.05) is 6.54 Å². The van der Waals surface area contributed by atoms with Crippen molar-refractivity contribution in [2.45, 2.75) is 32.5 Å². The second-order valence-electron chi connectivity index (χ2n) is 6.07. The van der Waals surface area contributed by atoms with Gasteiger partial charge in [0.25, 0.3) is 0 Å². The molecule has 1 heterocycles. The molecule has 0 spiro atoms. The zero-order valence-corrected chi connectivity index (χ0v) is 12.7. The molecule has 1 unspecified atom stereocenters. The quantitative estimate of drug-likeness (QED) is 0.928. The van der Waals surface area contributed by atoms with Gasteiger partial charge >= 0.3 is 6.18 Å². The zero-order valence-electron chi connectivity index (χ0n) is 12.7. The van der Waals surface area contributed by atoms with Crippen molar-refractivity contribution in [1.29, 1.82) is 0 Å². The molecule has 122 valence electrons. The van der Waals surface area contributed by atoms with Crippen molar-refractivity contribution in [2.75, 3.05) is 13.7 Å². The van der Waals surface area contributed by atoms with Gasteiger partial charge in [-0.3, -0.25) is 10.2 Å². The Morgan fingerprint density at radius 3 is 2.59 bits per heavy atom. The molecule has 1 amide bonds. The van der Waals surface area contributed by atoms with E-state index in [0.29, 0.717) is 11.3 Å². The maximum atomic E-state index is 13.4. The fraction of sp³-hybridized carbons (Fsp3) is 0.533. The summed E-state index contributed by atoms with van der Waals surface area (Å²) in [7, 11) is 1.46. The average molecular weight is 316 g/mol. The number of nitrogens with zero attached hydrogens (tertiary/aromatic N) is 1. The molecule has 1 aromatic rings. The van der Waals surface area contributed by atoms with Crippen LogP contribution in [0.15, 0.2) is 24.3 Å². The lowest BCUT2D eigenvalue weighted by Gasteiger charge is -2.29. The first kappa shape index (κ1) is 16.6. The van der Waals surface area contributed by atoms with Crippen molar-refractivity contribution in [3.8, 4) is 5.75 Å². The normalized spacial score (nSPS) is 19.8. The van der Waals surface area contributed by atoms with Gasteiger partial charge in [-0.2, -0.15) is 13.2 Å². The minimum atomic E-state index is -4.45. The van der Waals surface area contributed by atoms with Crippen LogP contribution in [0.2, 0.25) is 0 Å². The van der Waals surface area contributed by atoms with E-state index in [4.69, 9.17) is 4.74 Å². The number of carbonyl (C=O) groups is 1. The SMILES string of the molecule is COc1cccc(CC(N2CC(C)(C)C(=O)N2)C(F)(F)F)c1. The van der Waals surface area contributed by atoms with E-state index in [9.17, 15) is 18.0 Å². The van der Waals surface area contributed by atoms with Crippen LogP contribution in [0.5, 0.6) is 5.75 Å². The Balaban J connectivity index is 2.23. The van der Waals surface area contributed by atoms with Crippen LogP contribution in [0, 0.1) is 5.41 Å². The highest BCUT2D eigenvalue weighted by molar-refractivity contribution is 5.83. The predicted octanol–water partition coefficient (Wildman–Crippen LogP) is 2.54. The molecule has 4 nitrogen and oxygen atoms in total. The summed E-state index contributed by atoms with van der Waals surface area (Å²) in [6.07, 6.45) is -4.70. The Kier molecular flexibility index (Phi) is 4.37. The average Bonchev–Trinajstić information content (AvgIpc) is 2.69.